The molecule has 0 saturated carbocycles. The summed E-state index contributed by atoms with van der Waals surface area (Å²) < 4.78 is 5.45. The normalized spacial score (nSPS) is 10.3. The largest absolute Gasteiger partial charge is 0.463 e. The van der Waals surface area contributed by atoms with E-state index in [2.05, 4.69) is 25.6 Å². The minimum absolute atomic E-state index is 0.280. The minimum atomic E-state index is 0.280. The van der Waals surface area contributed by atoms with Crippen molar-refractivity contribution in [1.82, 2.24) is 15.0 Å². The first-order valence-corrected chi connectivity index (χ1v) is 7.10. The maximum atomic E-state index is 6.20. The molecule has 0 amide bonds. The first-order chi connectivity index (χ1) is 10.1. The van der Waals surface area contributed by atoms with Gasteiger partial charge in [-0.2, -0.15) is 15.0 Å². The summed E-state index contributed by atoms with van der Waals surface area (Å²) in [7, 11) is 1.74. The summed E-state index contributed by atoms with van der Waals surface area (Å²) in [4.78, 5) is 12.6. The number of benzene rings is 1. The second kappa shape index (κ2) is 7.08. The molecule has 0 aliphatic rings. The van der Waals surface area contributed by atoms with Crippen molar-refractivity contribution in [2.75, 3.05) is 24.3 Å². The number of nitrogens with zero attached hydrogens (tertiary/aromatic N) is 3. The first-order valence-electron chi connectivity index (χ1n) is 6.72. The number of hydrogen-bond donors (Lipinski definition) is 2. The van der Waals surface area contributed by atoms with E-state index in [4.69, 9.17) is 16.3 Å². The second-order valence-electron chi connectivity index (χ2n) is 4.47. The standard InChI is InChI=1S/C14H18ClN5O/c1-4-7-21-14-19-12(16-3)18-13(20-14)17-11-6-5-9(2)8-10(11)15/h5-6,8H,4,7H2,1-3H3,(H2,16,17,18,19,20). The third-order valence-corrected chi connectivity index (χ3v) is 2.96. The Kier molecular flexibility index (Phi) is 5.16. The van der Waals surface area contributed by atoms with Crippen LogP contribution in [0.15, 0.2) is 18.2 Å². The zero-order chi connectivity index (χ0) is 15.2. The van der Waals surface area contributed by atoms with Crippen LogP contribution in [-0.2, 0) is 0 Å². The topological polar surface area (TPSA) is 72.0 Å². The van der Waals surface area contributed by atoms with E-state index in [0.717, 1.165) is 17.7 Å². The van der Waals surface area contributed by atoms with Crippen molar-refractivity contribution >= 4 is 29.2 Å². The lowest BCUT2D eigenvalue weighted by Crippen LogP contribution is -2.07. The Labute approximate surface area is 128 Å². The predicted octanol–water partition coefficient (Wildman–Crippen LogP) is 3.41. The molecule has 0 saturated heterocycles. The minimum Gasteiger partial charge on any atom is -0.463 e. The molecule has 6 nitrogen and oxygen atoms in total. The average Bonchev–Trinajstić information content (AvgIpc) is 2.48. The van der Waals surface area contributed by atoms with Gasteiger partial charge >= 0.3 is 6.01 Å². The molecule has 1 aromatic carbocycles. The number of anilines is 3. The highest BCUT2D eigenvalue weighted by Crippen LogP contribution is 2.25. The average molecular weight is 308 g/mol. The monoisotopic (exact) mass is 307 g/mol. The maximum Gasteiger partial charge on any atom is 0.323 e. The molecular formula is C14H18ClN5O. The van der Waals surface area contributed by atoms with Crippen LogP contribution >= 0.6 is 11.6 Å². The summed E-state index contributed by atoms with van der Waals surface area (Å²) in [5, 5.41) is 6.56. The fourth-order valence-electron chi connectivity index (χ4n) is 1.62. The van der Waals surface area contributed by atoms with Gasteiger partial charge < -0.3 is 15.4 Å². The van der Waals surface area contributed by atoms with Gasteiger partial charge in [0.15, 0.2) is 0 Å². The molecule has 2 N–H and O–H groups in total. The van der Waals surface area contributed by atoms with Crippen molar-refractivity contribution in [3.05, 3.63) is 28.8 Å². The number of aromatic nitrogens is 3. The van der Waals surface area contributed by atoms with E-state index in [-0.39, 0.29) is 6.01 Å². The van der Waals surface area contributed by atoms with Gasteiger partial charge in [-0.1, -0.05) is 24.6 Å². The zero-order valence-electron chi connectivity index (χ0n) is 12.3. The van der Waals surface area contributed by atoms with Crippen molar-refractivity contribution in [3.8, 4) is 6.01 Å². The van der Waals surface area contributed by atoms with Crippen LogP contribution in [0, 0.1) is 6.92 Å². The highest BCUT2D eigenvalue weighted by molar-refractivity contribution is 6.33. The lowest BCUT2D eigenvalue weighted by Gasteiger charge is -2.10. The van der Waals surface area contributed by atoms with Crippen LogP contribution in [0.5, 0.6) is 6.01 Å². The molecular weight excluding hydrogens is 290 g/mol. The van der Waals surface area contributed by atoms with Crippen LogP contribution in [0.2, 0.25) is 5.02 Å². The van der Waals surface area contributed by atoms with Gasteiger partial charge in [-0.05, 0) is 31.0 Å². The van der Waals surface area contributed by atoms with E-state index in [9.17, 15) is 0 Å². The quantitative estimate of drug-likeness (QED) is 0.852. The smallest absolute Gasteiger partial charge is 0.323 e. The Balaban J connectivity index is 2.25. The molecule has 0 aliphatic carbocycles. The summed E-state index contributed by atoms with van der Waals surface area (Å²) in [6.07, 6.45) is 0.882. The highest BCUT2D eigenvalue weighted by Gasteiger charge is 2.08. The highest BCUT2D eigenvalue weighted by atomic mass is 35.5. The summed E-state index contributed by atoms with van der Waals surface area (Å²) in [5.74, 6) is 0.813. The molecule has 7 heteroatoms. The van der Waals surface area contributed by atoms with E-state index in [1.54, 1.807) is 7.05 Å². The van der Waals surface area contributed by atoms with Crippen LogP contribution < -0.4 is 15.4 Å². The Morgan fingerprint density at radius 3 is 2.62 bits per heavy atom. The second-order valence-corrected chi connectivity index (χ2v) is 4.88. The molecule has 0 aliphatic heterocycles. The summed E-state index contributed by atoms with van der Waals surface area (Å²) >= 11 is 6.20. The van der Waals surface area contributed by atoms with Crippen LogP contribution in [-0.4, -0.2) is 28.6 Å². The third kappa shape index (κ3) is 4.19. The number of rotatable bonds is 6. The first kappa shape index (κ1) is 15.3. The Hall–Kier alpha value is -2.08. The Morgan fingerprint density at radius 1 is 1.19 bits per heavy atom. The summed E-state index contributed by atoms with van der Waals surface area (Å²) in [6.45, 7) is 4.55. The van der Waals surface area contributed by atoms with Crippen LogP contribution in [0.25, 0.3) is 0 Å². The summed E-state index contributed by atoms with van der Waals surface area (Å²) in [5.41, 5.74) is 1.82. The van der Waals surface area contributed by atoms with Crippen molar-refractivity contribution < 1.29 is 4.74 Å². The van der Waals surface area contributed by atoms with Crippen molar-refractivity contribution in [3.63, 3.8) is 0 Å². The molecule has 112 valence electrons. The number of halogens is 1. The fraction of sp³-hybridized carbons (Fsp3) is 0.357. The molecule has 2 aromatic rings. The molecule has 0 fully saturated rings. The molecule has 0 atom stereocenters. The zero-order valence-corrected chi connectivity index (χ0v) is 13.0. The van der Waals surface area contributed by atoms with Gasteiger partial charge in [0.25, 0.3) is 0 Å². The molecule has 0 unspecified atom stereocenters. The Morgan fingerprint density at radius 2 is 1.95 bits per heavy atom. The molecule has 1 heterocycles. The van der Waals surface area contributed by atoms with Gasteiger partial charge in [-0.25, -0.2) is 0 Å². The molecule has 1 aromatic heterocycles. The van der Waals surface area contributed by atoms with Crippen LogP contribution in [0.3, 0.4) is 0 Å². The van der Waals surface area contributed by atoms with Crippen molar-refractivity contribution in [2.24, 2.45) is 0 Å². The Bertz CT molecular complexity index is 620. The van der Waals surface area contributed by atoms with Gasteiger partial charge in [0.2, 0.25) is 11.9 Å². The SMILES string of the molecule is CCCOc1nc(NC)nc(Nc2ccc(C)cc2Cl)n1. The lowest BCUT2D eigenvalue weighted by molar-refractivity contribution is 0.292. The van der Waals surface area contributed by atoms with E-state index in [1.165, 1.54) is 0 Å². The molecule has 0 bridgehead atoms. The lowest BCUT2D eigenvalue weighted by atomic mass is 10.2. The third-order valence-electron chi connectivity index (χ3n) is 2.64. The van der Waals surface area contributed by atoms with E-state index >= 15 is 0 Å². The molecule has 0 radical (unpaired) electrons. The predicted molar refractivity (Wildman–Crippen MR) is 84.6 cm³/mol. The van der Waals surface area contributed by atoms with Gasteiger partial charge in [-0.3, -0.25) is 0 Å². The molecule has 0 spiro atoms. The number of nitrogens with one attached hydrogen (secondary N) is 2. The van der Waals surface area contributed by atoms with E-state index in [1.807, 2.05) is 32.0 Å². The van der Waals surface area contributed by atoms with Gasteiger partial charge in [0, 0.05) is 7.05 Å². The number of aryl methyl sites for hydroxylation is 1. The van der Waals surface area contributed by atoms with Crippen molar-refractivity contribution in [1.29, 1.82) is 0 Å². The van der Waals surface area contributed by atoms with Gasteiger partial charge in [0.05, 0.1) is 17.3 Å². The van der Waals surface area contributed by atoms with Gasteiger partial charge in [-0.15, -0.1) is 0 Å². The molecule has 2 rings (SSSR count). The summed E-state index contributed by atoms with van der Waals surface area (Å²) in [6, 6.07) is 6.00. The maximum absolute atomic E-state index is 6.20. The van der Waals surface area contributed by atoms with Gasteiger partial charge in [0.1, 0.15) is 0 Å². The molecule has 21 heavy (non-hydrogen) atoms. The van der Waals surface area contributed by atoms with Crippen LogP contribution in [0.1, 0.15) is 18.9 Å². The number of hydrogen-bond acceptors (Lipinski definition) is 6. The fourth-order valence-corrected chi connectivity index (χ4v) is 1.91. The van der Waals surface area contributed by atoms with E-state index in [0.29, 0.717) is 23.5 Å². The van der Waals surface area contributed by atoms with Crippen LogP contribution in [0.4, 0.5) is 17.6 Å². The van der Waals surface area contributed by atoms with Crippen molar-refractivity contribution in [2.45, 2.75) is 20.3 Å². The number of ether oxygens (including phenoxy) is 1. The van der Waals surface area contributed by atoms with E-state index < -0.39 is 0 Å².